The van der Waals surface area contributed by atoms with Crippen molar-refractivity contribution in [1.29, 1.82) is 0 Å². The molecule has 6 heteroatoms. The summed E-state index contributed by atoms with van der Waals surface area (Å²) >= 11 is 0. The van der Waals surface area contributed by atoms with E-state index in [4.69, 9.17) is 4.74 Å². The molecule has 2 heterocycles. The van der Waals surface area contributed by atoms with Gasteiger partial charge in [-0.05, 0) is 20.8 Å². The van der Waals surface area contributed by atoms with Crippen LogP contribution >= 0.6 is 0 Å². The molecule has 1 saturated heterocycles. The van der Waals surface area contributed by atoms with E-state index >= 15 is 0 Å². The highest BCUT2D eigenvalue weighted by Gasteiger charge is 2.18. The van der Waals surface area contributed by atoms with Crippen molar-refractivity contribution in [1.82, 2.24) is 19.8 Å². The molecule has 1 fully saturated rings. The molecule has 0 amide bonds. The number of nitrogens with zero attached hydrogens (tertiary/aromatic N) is 3. The maximum atomic E-state index is 11.8. The van der Waals surface area contributed by atoms with Crippen molar-refractivity contribution in [3.63, 3.8) is 0 Å². The van der Waals surface area contributed by atoms with E-state index in [9.17, 15) is 4.79 Å². The zero-order valence-corrected chi connectivity index (χ0v) is 11.8. The zero-order valence-electron chi connectivity index (χ0n) is 11.8. The van der Waals surface area contributed by atoms with Gasteiger partial charge in [0.15, 0.2) is 0 Å². The van der Waals surface area contributed by atoms with Crippen LogP contribution in [0, 0.1) is 0 Å². The van der Waals surface area contributed by atoms with E-state index in [1.807, 2.05) is 20.8 Å². The number of imidazole rings is 1. The van der Waals surface area contributed by atoms with E-state index in [1.165, 1.54) is 10.9 Å². The number of carbonyl (C=O) groups is 1. The van der Waals surface area contributed by atoms with Crippen LogP contribution < -0.4 is 5.32 Å². The van der Waals surface area contributed by atoms with E-state index in [1.54, 1.807) is 6.20 Å². The van der Waals surface area contributed by atoms with Crippen LogP contribution in [0.3, 0.4) is 0 Å². The molecule has 19 heavy (non-hydrogen) atoms. The first-order valence-corrected chi connectivity index (χ1v) is 6.63. The van der Waals surface area contributed by atoms with Crippen molar-refractivity contribution in [2.75, 3.05) is 26.2 Å². The molecule has 0 radical (unpaired) electrons. The number of aromatic nitrogens is 2. The second-order valence-electron chi connectivity index (χ2n) is 5.78. The molecule has 1 aliphatic rings. The lowest BCUT2D eigenvalue weighted by Gasteiger charge is -2.26. The van der Waals surface area contributed by atoms with E-state index < -0.39 is 5.60 Å². The highest BCUT2D eigenvalue weighted by molar-refractivity contribution is 5.70. The van der Waals surface area contributed by atoms with Crippen molar-refractivity contribution in [3.05, 3.63) is 18.2 Å². The Labute approximate surface area is 113 Å². The molecule has 1 aliphatic heterocycles. The quantitative estimate of drug-likeness (QED) is 0.867. The van der Waals surface area contributed by atoms with E-state index in [0.29, 0.717) is 0 Å². The van der Waals surface area contributed by atoms with Crippen LogP contribution in [0.1, 0.15) is 26.5 Å². The molecule has 1 aromatic rings. The molecule has 0 saturated carbocycles. The molecule has 0 unspecified atom stereocenters. The summed E-state index contributed by atoms with van der Waals surface area (Å²) in [6.45, 7) is 10.4. The van der Waals surface area contributed by atoms with Gasteiger partial charge in [0, 0.05) is 38.9 Å². The normalized spacial score (nSPS) is 17.4. The van der Waals surface area contributed by atoms with Gasteiger partial charge in [-0.25, -0.2) is 14.3 Å². The molecule has 1 aromatic heterocycles. The van der Waals surface area contributed by atoms with Gasteiger partial charge in [-0.15, -0.1) is 0 Å². The highest BCUT2D eigenvalue weighted by atomic mass is 16.6. The van der Waals surface area contributed by atoms with Gasteiger partial charge in [0.2, 0.25) is 0 Å². The van der Waals surface area contributed by atoms with Crippen LogP contribution in [0.25, 0.3) is 0 Å². The van der Waals surface area contributed by atoms with Crippen LogP contribution in [0.15, 0.2) is 12.5 Å². The minimum Gasteiger partial charge on any atom is -0.443 e. The zero-order chi connectivity index (χ0) is 13.9. The summed E-state index contributed by atoms with van der Waals surface area (Å²) in [5.41, 5.74) is 0.410. The Balaban J connectivity index is 1.92. The Hall–Kier alpha value is -1.40. The van der Waals surface area contributed by atoms with Gasteiger partial charge in [0.25, 0.3) is 0 Å². The smallest absolute Gasteiger partial charge is 0.419 e. The van der Waals surface area contributed by atoms with Crippen molar-refractivity contribution < 1.29 is 9.53 Å². The maximum Gasteiger partial charge on any atom is 0.419 e. The van der Waals surface area contributed by atoms with Crippen molar-refractivity contribution in [2.45, 2.75) is 32.9 Å². The van der Waals surface area contributed by atoms with Gasteiger partial charge < -0.3 is 10.1 Å². The molecule has 106 valence electrons. The van der Waals surface area contributed by atoms with Gasteiger partial charge >= 0.3 is 6.09 Å². The second kappa shape index (κ2) is 5.71. The minimum atomic E-state index is -0.486. The summed E-state index contributed by atoms with van der Waals surface area (Å²) in [5.74, 6) is 0. The standard InChI is InChI=1S/C13H22N4O2/c1-13(2,3)19-12(18)17-9-11(15-10-17)8-16-6-4-14-5-7-16/h9-10,14H,4-8H2,1-3H3. The average molecular weight is 266 g/mol. The molecule has 0 aliphatic carbocycles. The number of nitrogens with one attached hydrogen (secondary N) is 1. The van der Waals surface area contributed by atoms with Gasteiger partial charge in [-0.3, -0.25) is 4.90 Å². The maximum absolute atomic E-state index is 11.8. The molecule has 2 rings (SSSR count). The average Bonchev–Trinajstić information content (AvgIpc) is 2.77. The molecular weight excluding hydrogens is 244 g/mol. The Morgan fingerprint density at radius 1 is 1.42 bits per heavy atom. The van der Waals surface area contributed by atoms with Crippen LogP contribution in [0.4, 0.5) is 4.79 Å². The second-order valence-corrected chi connectivity index (χ2v) is 5.78. The van der Waals surface area contributed by atoms with Gasteiger partial charge in [0.1, 0.15) is 11.9 Å². The van der Waals surface area contributed by atoms with Gasteiger partial charge in [-0.1, -0.05) is 0 Å². The Morgan fingerprint density at radius 3 is 2.74 bits per heavy atom. The Bertz CT molecular complexity index is 430. The SMILES string of the molecule is CC(C)(C)OC(=O)n1cnc(CN2CCNCC2)c1. The number of carbonyl (C=O) groups excluding carboxylic acids is 1. The van der Waals surface area contributed by atoms with E-state index in [2.05, 4.69) is 15.2 Å². The molecule has 0 spiro atoms. The summed E-state index contributed by atoms with van der Waals surface area (Å²) in [6, 6.07) is 0. The lowest BCUT2D eigenvalue weighted by molar-refractivity contribution is 0.0536. The number of hydrogen-bond acceptors (Lipinski definition) is 5. The van der Waals surface area contributed by atoms with Crippen LogP contribution in [-0.4, -0.2) is 52.3 Å². The molecular formula is C13H22N4O2. The van der Waals surface area contributed by atoms with Gasteiger partial charge in [-0.2, -0.15) is 0 Å². The number of piperazine rings is 1. The topological polar surface area (TPSA) is 59.4 Å². The van der Waals surface area contributed by atoms with E-state index in [0.717, 1.165) is 38.4 Å². The van der Waals surface area contributed by atoms with Crippen molar-refractivity contribution in [3.8, 4) is 0 Å². The van der Waals surface area contributed by atoms with Crippen molar-refractivity contribution >= 4 is 6.09 Å². The number of rotatable bonds is 2. The van der Waals surface area contributed by atoms with Gasteiger partial charge in [0.05, 0.1) is 5.69 Å². The lowest BCUT2D eigenvalue weighted by Crippen LogP contribution is -2.42. The largest absolute Gasteiger partial charge is 0.443 e. The Kier molecular flexibility index (Phi) is 4.21. The molecule has 6 nitrogen and oxygen atoms in total. The lowest BCUT2D eigenvalue weighted by atomic mass is 10.2. The number of hydrogen-bond donors (Lipinski definition) is 1. The van der Waals surface area contributed by atoms with E-state index in [-0.39, 0.29) is 6.09 Å². The third-order valence-electron chi connectivity index (χ3n) is 2.84. The monoisotopic (exact) mass is 266 g/mol. The first-order valence-electron chi connectivity index (χ1n) is 6.63. The molecule has 0 aromatic carbocycles. The molecule has 0 atom stereocenters. The first-order chi connectivity index (χ1) is 8.94. The summed E-state index contributed by atoms with van der Waals surface area (Å²) in [5, 5.41) is 3.31. The van der Waals surface area contributed by atoms with Crippen LogP contribution in [0.2, 0.25) is 0 Å². The fraction of sp³-hybridized carbons (Fsp3) is 0.692. The fourth-order valence-corrected chi connectivity index (χ4v) is 1.96. The first kappa shape index (κ1) is 14.0. The summed E-state index contributed by atoms with van der Waals surface area (Å²) in [4.78, 5) is 18.4. The third-order valence-corrected chi connectivity index (χ3v) is 2.84. The van der Waals surface area contributed by atoms with Crippen molar-refractivity contribution in [2.24, 2.45) is 0 Å². The minimum absolute atomic E-state index is 0.383. The highest BCUT2D eigenvalue weighted by Crippen LogP contribution is 2.10. The van der Waals surface area contributed by atoms with Crippen LogP contribution in [-0.2, 0) is 11.3 Å². The number of ether oxygens (including phenoxy) is 1. The molecule has 1 N–H and O–H groups in total. The van der Waals surface area contributed by atoms with Crippen LogP contribution in [0.5, 0.6) is 0 Å². The summed E-state index contributed by atoms with van der Waals surface area (Å²) in [7, 11) is 0. The predicted molar refractivity (Wildman–Crippen MR) is 72.0 cm³/mol. The summed E-state index contributed by atoms with van der Waals surface area (Å²) < 4.78 is 6.69. The predicted octanol–water partition coefficient (Wildman–Crippen LogP) is 1.07. The Morgan fingerprint density at radius 2 is 2.11 bits per heavy atom. The summed E-state index contributed by atoms with van der Waals surface area (Å²) in [6.07, 6.45) is 2.88. The third kappa shape index (κ3) is 4.33. The molecule has 0 bridgehead atoms. The fourth-order valence-electron chi connectivity index (χ4n) is 1.96.